The van der Waals surface area contributed by atoms with Gasteiger partial charge in [-0.05, 0) is 18.1 Å². The lowest BCUT2D eigenvalue weighted by Crippen LogP contribution is -2.22. The van der Waals surface area contributed by atoms with Gasteiger partial charge in [0.25, 0.3) is 5.69 Å². The minimum absolute atomic E-state index is 0.0643. The van der Waals surface area contributed by atoms with Gasteiger partial charge < -0.3 is 0 Å². The SMILES string of the molecule is Cc1cc([N+](=O)[O-])ccc1CC(=O)C(C)(C)C. The maximum absolute atomic E-state index is 11.9. The van der Waals surface area contributed by atoms with E-state index in [0.717, 1.165) is 11.1 Å². The molecule has 0 aliphatic carbocycles. The number of nitrogens with zero attached hydrogens (tertiary/aromatic N) is 1. The molecule has 0 saturated carbocycles. The summed E-state index contributed by atoms with van der Waals surface area (Å²) in [5, 5.41) is 10.6. The standard InChI is InChI=1S/C13H17NO3/c1-9-7-11(14(16)17)6-5-10(9)8-12(15)13(2,3)4/h5-7H,8H2,1-4H3. The summed E-state index contributed by atoms with van der Waals surface area (Å²) in [5.74, 6) is 0.134. The molecule has 1 rings (SSSR count). The van der Waals surface area contributed by atoms with Crippen LogP contribution in [0.3, 0.4) is 0 Å². The average molecular weight is 235 g/mol. The highest BCUT2D eigenvalue weighted by molar-refractivity contribution is 5.86. The number of benzene rings is 1. The molecule has 1 aromatic rings. The predicted molar refractivity (Wildman–Crippen MR) is 66.0 cm³/mol. The first-order chi connectivity index (χ1) is 7.71. The number of aryl methyl sites for hydroxylation is 1. The molecule has 1 aromatic carbocycles. The van der Waals surface area contributed by atoms with E-state index in [4.69, 9.17) is 0 Å². The molecule has 0 saturated heterocycles. The zero-order valence-electron chi connectivity index (χ0n) is 10.6. The van der Waals surface area contributed by atoms with E-state index < -0.39 is 4.92 Å². The maximum Gasteiger partial charge on any atom is 0.269 e. The quantitative estimate of drug-likeness (QED) is 0.597. The summed E-state index contributed by atoms with van der Waals surface area (Å²) in [6, 6.07) is 4.61. The zero-order valence-corrected chi connectivity index (χ0v) is 10.6. The van der Waals surface area contributed by atoms with Crippen molar-refractivity contribution < 1.29 is 9.72 Å². The van der Waals surface area contributed by atoms with E-state index in [0.29, 0.717) is 6.42 Å². The molecule has 0 bridgehead atoms. The Morgan fingerprint density at radius 2 is 1.94 bits per heavy atom. The molecule has 92 valence electrons. The van der Waals surface area contributed by atoms with Gasteiger partial charge in [-0.3, -0.25) is 14.9 Å². The molecule has 0 fully saturated rings. The molecule has 4 nitrogen and oxygen atoms in total. The zero-order chi connectivity index (χ0) is 13.2. The number of hydrogen-bond acceptors (Lipinski definition) is 3. The van der Waals surface area contributed by atoms with Crippen molar-refractivity contribution in [3.05, 3.63) is 39.4 Å². The minimum atomic E-state index is -0.428. The molecule has 4 heteroatoms. The van der Waals surface area contributed by atoms with Gasteiger partial charge in [0, 0.05) is 24.0 Å². The van der Waals surface area contributed by atoms with Gasteiger partial charge in [0.15, 0.2) is 0 Å². The molecule has 0 unspecified atom stereocenters. The van der Waals surface area contributed by atoms with Crippen LogP contribution in [0.4, 0.5) is 5.69 Å². The predicted octanol–water partition coefficient (Wildman–Crippen LogP) is 3.06. The van der Waals surface area contributed by atoms with Crippen LogP contribution in [0.5, 0.6) is 0 Å². The Hall–Kier alpha value is -1.71. The summed E-state index contributed by atoms with van der Waals surface area (Å²) < 4.78 is 0. The first kappa shape index (κ1) is 13.4. The smallest absolute Gasteiger partial charge is 0.269 e. The lowest BCUT2D eigenvalue weighted by atomic mass is 9.86. The lowest BCUT2D eigenvalue weighted by Gasteiger charge is -2.17. The molecule has 0 heterocycles. The van der Waals surface area contributed by atoms with Gasteiger partial charge in [-0.1, -0.05) is 26.8 Å². The molecule has 0 aromatic heterocycles. The number of non-ortho nitro benzene ring substituents is 1. The van der Waals surface area contributed by atoms with Gasteiger partial charge in [-0.25, -0.2) is 0 Å². The highest BCUT2D eigenvalue weighted by atomic mass is 16.6. The van der Waals surface area contributed by atoms with Crippen molar-refractivity contribution in [3.8, 4) is 0 Å². The second-order valence-electron chi connectivity index (χ2n) is 5.22. The Kier molecular flexibility index (Phi) is 3.66. The van der Waals surface area contributed by atoms with Crippen LogP contribution in [0.2, 0.25) is 0 Å². The van der Waals surface area contributed by atoms with Crippen LogP contribution in [0, 0.1) is 22.5 Å². The monoisotopic (exact) mass is 235 g/mol. The van der Waals surface area contributed by atoms with Crippen LogP contribution in [-0.4, -0.2) is 10.7 Å². The third-order valence-corrected chi connectivity index (χ3v) is 2.72. The number of hydrogen-bond donors (Lipinski definition) is 0. The van der Waals surface area contributed by atoms with Crippen molar-refractivity contribution in [2.45, 2.75) is 34.1 Å². The van der Waals surface area contributed by atoms with Gasteiger partial charge in [0.1, 0.15) is 5.78 Å². The Balaban J connectivity index is 2.95. The van der Waals surface area contributed by atoms with E-state index in [1.54, 1.807) is 13.0 Å². The van der Waals surface area contributed by atoms with Gasteiger partial charge >= 0.3 is 0 Å². The summed E-state index contributed by atoms with van der Waals surface area (Å²) in [7, 11) is 0. The van der Waals surface area contributed by atoms with Crippen molar-refractivity contribution in [1.29, 1.82) is 0 Å². The number of nitro benzene ring substituents is 1. The highest BCUT2D eigenvalue weighted by Crippen LogP contribution is 2.22. The lowest BCUT2D eigenvalue weighted by molar-refractivity contribution is -0.384. The molecule has 17 heavy (non-hydrogen) atoms. The molecule has 0 aliphatic rings. The molecule has 0 radical (unpaired) electrons. The number of carbonyl (C=O) groups is 1. The van der Waals surface area contributed by atoms with Crippen molar-refractivity contribution >= 4 is 11.5 Å². The van der Waals surface area contributed by atoms with Crippen molar-refractivity contribution in [1.82, 2.24) is 0 Å². The average Bonchev–Trinajstić information content (AvgIpc) is 2.19. The largest absolute Gasteiger partial charge is 0.299 e. The molecule has 0 N–H and O–H groups in total. The Morgan fingerprint density at radius 3 is 2.35 bits per heavy atom. The minimum Gasteiger partial charge on any atom is -0.299 e. The summed E-state index contributed by atoms with van der Waals surface area (Å²) in [5.41, 5.74) is 1.33. The summed E-state index contributed by atoms with van der Waals surface area (Å²) in [6.07, 6.45) is 0.327. The number of rotatable bonds is 3. The summed E-state index contributed by atoms with van der Waals surface area (Å²) >= 11 is 0. The molecular formula is C13H17NO3. The fourth-order valence-corrected chi connectivity index (χ4v) is 1.43. The van der Waals surface area contributed by atoms with Gasteiger partial charge in [0.05, 0.1) is 4.92 Å². The van der Waals surface area contributed by atoms with E-state index in [2.05, 4.69) is 0 Å². The van der Waals surface area contributed by atoms with Crippen molar-refractivity contribution in [2.24, 2.45) is 5.41 Å². The molecular weight excluding hydrogens is 218 g/mol. The van der Waals surface area contributed by atoms with E-state index in [9.17, 15) is 14.9 Å². The van der Waals surface area contributed by atoms with Gasteiger partial charge in [-0.2, -0.15) is 0 Å². The van der Waals surface area contributed by atoms with Crippen LogP contribution >= 0.6 is 0 Å². The van der Waals surface area contributed by atoms with Crippen molar-refractivity contribution in [3.63, 3.8) is 0 Å². The summed E-state index contributed by atoms with van der Waals surface area (Å²) in [4.78, 5) is 22.0. The van der Waals surface area contributed by atoms with E-state index in [1.165, 1.54) is 12.1 Å². The fourth-order valence-electron chi connectivity index (χ4n) is 1.43. The second-order valence-corrected chi connectivity index (χ2v) is 5.22. The molecule has 0 aliphatic heterocycles. The Bertz CT molecular complexity index is 458. The Morgan fingerprint density at radius 1 is 1.35 bits per heavy atom. The summed E-state index contributed by atoms with van der Waals surface area (Å²) in [6.45, 7) is 7.40. The topological polar surface area (TPSA) is 60.2 Å². The number of carbonyl (C=O) groups excluding carboxylic acids is 1. The number of Topliss-reactive ketones (excluding diaryl/α,β-unsaturated/α-hetero) is 1. The van der Waals surface area contributed by atoms with Crippen LogP contribution in [0.25, 0.3) is 0 Å². The number of ketones is 1. The van der Waals surface area contributed by atoms with Crippen LogP contribution in [0.15, 0.2) is 18.2 Å². The maximum atomic E-state index is 11.9. The van der Waals surface area contributed by atoms with E-state index >= 15 is 0 Å². The fraction of sp³-hybridized carbons (Fsp3) is 0.462. The molecule has 0 amide bonds. The second kappa shape index (κ2) is 4.65. The third kappa shape index (κ3) is 3.37. The van der Waals surface area contributed by atoms with Gasteiger partial charge in [-0.15, -0.1) is 0 Å². The first-order valence-corrected chi connectivity index (χ1v) is 5.49. The normalized spacial score (nSPS) is 11.3. The van der Waals surface area contributed by atoms with Gasteiger partial charge in [0.2, 0.25) is 0 Å². The Labute approximate surface area is 101 Å². The van der Waals surface area contributed by atoms with Crippen molar-refractivity contribution in [2.75, 3.05) is 0 Å². The van der Waals surface area contributed by atoms with Crippen LogP contribution < -0.4 is 0 Å². The third-order valence-electron chi connectivity index (χ3n) is 2.72. The van der Waals surface area contributed by atoms with E-state index in [-0.39, 0.29) is 16.9 Å². The molecule has 0 atom stereocenters. The number of nitro groups is 1. The van der Waals surface area contributed by atoms with Crippen LogP contribution in [0.1, 0.15) is 31.9 Å². The van der Waals surface area contributed by atoms with Crippen LogP contribution in [-0.2, 0) is 11.2 Å². The van der Waals surface area contributed by atoms with E-state index in [1.807, 2.05) is 20.8 Å². The first-order valence-electron chi connectivity index (χ1n) is 5.49. The molecule has 0 spiro atoms. The highest BCUT2D eigenvalue weighted by Gasteiger charge is 2.22.